The normalized spacial score (nSPS) is 22.1. The van der Waals surface area contributed by atoms with Crippen LogP contribution in [0.1, 0.15) is 34.6 Å². The number of anilines is 1. The molecule has 11 heteroatoms. The molecule has 31 heavy (non-hydrogen) atoms. The molecular weight excluding hydrogens is 435 g/mol. The number of hydrogen-bond acceptors (Lipinski definition) is 4. The van der Waals surface area contributed by atoms with Gasteiger partial charge in [-0.15, -0.1) is 0 Å². The largest absolute Gasteiger partial charge is 0.497 e. The van der Waals surface area contributed by atoms with Crippen molar-refractivity contribution >= 4 is 23.3 Å². The molecule has 0 unspecified atom stereocenters. The van der Waals surface area contributed by atoms with Gasteiger partial charge in [0, 0.05) is 6.42 Å². The zero-order valence-corrected chi connectivity index (χ0v) is 17.9. The van der Waals surface area contributed by atoms with E-state index in [0.717, 1.165) is 17.8 Å². The Morgan fingerprint density at radius 3 is 2.48 bits per heavy atom. The number of nitrogens with one attached hydrogen (secondary N) is 2. The number of hydrogen-bond donors (Lipinski definition) is 2. The molecular formula is C20H24ClF3N5O2+. The fraction of sp³-hybridized carbons (Fsp3) is 0.500. The summed E-state index contributed by atoms with van der Waals surface area (Å²) >= 11 is 6.41. The first kappa shape index (κ1) is 21.8. The summed E-state index contributed by atoms with van der Waals surface area (Å²) < 4.78 is 47.7. The summed E-state index contributed by atoms with van der Waals surface area (Å²) in [5.41, 5.74) is 0.516. The predicted octanol–water partition coefficient (Wildman–Crippen LogP) is 2.18. The molecule has 0 aliphatic carbocycles. The third kappa shape index (κ3) is 4.18. The molecule has 2 aliphatic heterocycles. The zero-order chi connectivity index (χ0) is 22.3. The van der Waals surface area contributed by atoms with Crippen LogP contribution in [0.15, 0.2) is 24.3 Å². The van der Waals surface area contributed by atoms with Gasteiger partial charge in [0.05, 0.1) is 46.4 Å². The highest BCUT2D eigenvalue weighted by Crippen LogP contribution is 2.46. The molecule has 2 aliphatic rings. The van der Waals surface area contributed by atoms with Crippen molar-refractivity contribution in [3.8, 4) is 5.75 Å². The molecule has 2 N–H and O–H groups in total. The highest BCUT2D eigenvalue weighted by molar-refractivity contribution is 6.36. The zero-order valence-electron chi connectivity index (χ0n) is 17.2. The first-order chi connectivity index (χ1) is 14.7. The molecule has 1 saturated heterocycles. The summed E-state index contributed by atoms with van der Waals surface area (Å²) in [6, 6.07) is 4.26. The number of likely N-dealkylation sites (N-methyl/N-ethyl adjacent to an activating group) is 1. The van der Waals surface area contributed by atoms with Crippen LogP contribution in [0.2, 0.25) is 5.02 Å². The number of fused-ring (bicyclic) bond motifs is 1. The van der Waals surface area contributed by atoms with Crippen LogP contribution in [-0.2, 0) is 0 Å². The van der Waals surface area contributed by atoms with E-state index in [1.54, 1.807) is 29.2 Å². The predicted molar refractivity (Wildman–Crippen MR) is 109 cm³/mol. The number of ether oxygens (including phenoxy) is 1. The highest BCUT2D eigenvalue weighted by atomic mass is 35.5. The number of nitrogens with zero attached hydrogens (tertiary/aromatic N) is 3. The number of piperazine rings is 1. The minimum Gasteiger partial charge on any atom is -0.497 e. The molecule has 1 aromatic carbocycles. The summed E-state index contributed by atoms with van der Waals surface area (Å²) in [5.74, 6) is 0.180. The van der Waals surface area contributed by atoms with Crippen molar-refractivity contribution in [3.63, 3.8) is 0 Å². The van der Waals surface area contributed by atoms with E-state index < -0.39 is 24.2 Å². The summed E-state index contributed by atoms with van der Waals surface area (Å²) in [6.45, 7) is 2.54. The second-order valence-corrected chi connectivity index (χ2v) is 8.35. The third-order valence-corrected chi connectivity index (χ3v) is 6.28. The van der Waals surface area contributed by atoms with Gasteiger partial charge in [0.1, 0.15) is 16.6 Å². The van der Waals surface area contributed by atoms with Crippen molar-refractivity contribution in [1.29, 1.82) is 0 Å². The molecule has 0 spiro atoms. The Bertz CT molecular complexity index is 955. The van der Waals surface area contributed by atoms with Crippen LogP contribution in [0.3, 0.4) is 0 Å². The van der Waals surface area contributed by atoms with Gasteiger partial charge in [0.15, 0.2) is 11.7 Å². The molecule has 2 aromatic rings. The van der Waals surface area contributed by atoms with Crippen LogP contribution in [0.4, 0.5) is 19.0 Å². The Balaban J connectivity index is 1.68. The van der Waals surface area contributed by atoms with E-state index in [4.69, 9.17) is 16.3 Å². The molecule has 1 aromatic heterocycles. The molecule has 0 radical (unpaired) electrons. The number of rotatable bonds is 3. The lowest BCUT2D eigenvalue weighted by Gasteiger charge is -2.33. The van der Waals surface area contributed by atoms with Crippen LogP contribution in [0.5, 0.6) is 5.75 Å². The lowest BCUT2D eigenvalue weighted by molar-refractivity contribution is -0.883. The summed E-state index contributed by atoms with van der Waals surface area (Å²) in [5, 5.41) is 7.01. The van der Waals surface area contributed by atoms with Gasteiger partial charge in [-0.2, -0.15) is 18.3 Å². The monoisotopic (exact) mass is 458 g/mol. The summed E-state index contributed by atoms with van der Waals surface area (Å²) in [4.78, 5) is 15.8. The second-order valence-electron chi connectivity index (χ2n) is 7.97. The Hall–Kier alpha value is -2.46. The van der Waals surface area contributed by atoms with Gasteiger partial charge >= 0.3 is 6.18 Å². The van der Waals surface area contributed by atoms with E-state index in [2.05, 4.69) is 10.4 Å². The number of carbonyl (C=O) groups excluding carboxylic acids is 1. The standard InChI is InChI=1S/C20H23ClF3N5O2/c1-27-7-9-28(10-8-27)19(30)17-16(21)18-25-14(12-3-5-13(31-2)6-4-12)11-15(20(22,23)24)29(18)26-17/h3-6,14-15,25H,7-11H2,1-2H3/p+1/t14-,15-/m0/s1. The van der Waals surface area contributed by atoms with Crippen LogP contribution >= 0.6 is 11.6 Å². The van der Waals surface area contributed by atoms with E-state index in [1.165, 1.54) is 12.0 Å². The van der Waals surface area contributed by atoms with Crippen molar-refractivity contribution in [2.75, 3.05) is 45.7 Å². The van der Waals surface area contributed by atoms with E-state index in [-0.39, 0.29) is 23.0 Å². The lowest BCUT2D eigenvalue weighted by Crippen LogP contribution is -3.12. The number of alkyl halides is 3. The Labute approximate surface area is 182 Å². The Morgan fingerprint density at radius 1 is 1.26 bits per heavy atom. The van der Waals surface area contributed by atoms with Crippen LogP contribution < -0.4 is 15.0 Å². The average molecular weight is 459 g/mol. The minimum atomic E-state index is -4.55. The molecule has 7 nitrogen and oxygen atoms in total. The van der Waals surface area contributed by atoms with Crippen LogP contribution in [0.25, 0.3) is 0 Å². The molecule has 0 saturated carbocycles. The topological polar surface area (TPSA) is 63.8 Å². The van der Waals surface area contributed by atoms with Crippen molar-refractivity contribution in [1.82, 2.24) is 14.7 Å². The van der Waals surface area contributed by atoms with Gasteiger partial charge < -0.3 is 19.9 Å². The number of quaternary nitrogens is 1. The molecule has 1 amide bonds. The quantitative estimate of drug-likeness (QED) is 0.740. The van der Waals surface area contributed by atoms with Gasteiger partial charge in [-0.1, -0.05) is 23.7 Å². The van der Waals surface area contributed by atoms with Crippen molar-refractivity contribution in [2.45, 2.75) is 24.7 Å². The number of amides is 1. The molecule has 4 rings (SSSR count). The van der Waals surface area contributed by atoms with E-state index >= 15 is 0 Å². The summed E-state index contributed by atoms with van der Waals surface area (Å²) in [6.07, 6.45) is -4.82. The van der Waals surface area contributed by atoms with Crippen LogP contribution in [0, 0.1) is 0 Å². The molecule has 0 bridgehead atoms. The van der Waals surface area contributed by atoms with Crippen LogP contribution in [-0.4, -0.2) is 67.1 Å². The van der Waals surface area contributed by atoms with E-state index in [0.29, 0.717) is 24.4 Å². The Morgan fingerprint density at radius 2 is 1.90 bits per heavy atom. The maximum atomic E-state index is 13.9. The van der Waals surface area contributed by atoms with Crippen molar-refractivity contribution < 1.29 is 27.6 Å². The fourth-order valence-corrected chi connectivity index (χ4v) is 4.28. The highest BCUT2D eigenvalue weighted by Gasteiger charge is 2.48. The number of aromatic nitrogens is 2. The number of halogens is 4. The summed E-state index contributed by atoms with van der Waals surface area (Å²) in [7, 11) is 3.55. The SMILES string of the molecule is COc1ccc([C@@H]2C[C@@H](C(F)(F)F)n3nc(C(=O)N4CC[NH+](C)CC4)c(Cl)c3N2)cc1. The van der Waals surface area contributed by atoms with Gasteiger partial charge in [-0.3, -0.25) is 4.79 Å². The van der Waals surface area contributed by atoms with Crippen molar-refractivity contribution in [2.24, 2.45) is 0 Å². The number of methoxy groups -OCH3 is 1. The average Bonchev–Trinajstić information content (AvgIpc) is 3.09. The molecule has 2 atom stereocenters. The first-order valence-electron chi connectivity index (χ1n) is 10.0. The number of carbonyl (C=O) groups is 1. The van der Waals surface area contributed by atoms with Gasteiger partial charge in [0.2, 0.25) is 0 Å². The van der Waals surface area contributed by atoms with Crippen molar-refractivity contribution in [3.05, 3.63) is 40.5 Å². The third-order valence-electron chi connectivity index (χ3n) is 5.92. The molecule has 168 valence electrons. The fourth-order valence-electron chi connectivity index (χ4n) is 4.02. The minimum absolute atomic E-state index is 0.0131. The van der Waals surface area contributed by atoms with E-state index in [9.17, 15) is 18.0 Å². The Kier molecular flexibility index (Phi) is 5.78. The maximum absolute atomic E-state index is 13.9. The van der Waals surface area contributed by atoms with Gasteiger partial charge in [-0.25, -0.2) is 4.68 Å². The first-order valence-corrected chi connectivity index (χ1v) is 10.4. The molecule has 1 fully saturated rings. The van der Waals surface area contributed by atoms with Gasteiger partial charge in [0.25, 0.3) is 5.91 Å². The van der Waals surface area contributed by atoms with Gasteiger partial charge in [-0.05, 0) is 17.7 Å². The molecule has 3 heterocycles. The number of benzene rings is 1. The van der Waals surface area contributed by atoms with E-state index in [1.807, 2.05) is 7.05 Å². The maximum Gasteiger partial charge on any atom is 0.410 e. The second kappa shape index (κ2) is 8.23. The lowest BCUT2D eigenvalue weighted by atomic mass is 9.97. The smallest absolute Gasteiger partial charge is 0.410 e.